The highest BCUT2D eigenvalue weighted by Crippen LogP contribution is 2.65. The smallest absolute Gasteiger partial charge is 0.260 e. The van der Waals surface area contributed by atoms with Crippen LogP contribution in [0.2, 0.25) is 10.0 Å². The van der Waals surface area contributed by atoms with Crippen LogP contribution in [-0.4, -0.2) is 52.3 Å². The molecule has 2 aliphatic carbocycles. The summed E-state index contributed by atoms with van der Waals surface area (Å²) in [5.41, 5.74) is 2.60. The van der Waals surface area contributed by atoms with Crippen LogP contribution in [-0.2, 0) is 24.6 Å². The van der Waals surface area contributed by atoms with Crippen LogP contribution >= 0.6 is 23.2 Å². The fourth-order valence-corrected chi connectivity index (χ4v) is 8.91. The van der Waals surface area contributed by atoms with E-state index in [1.807, 2.05) is 13.0 Å². The van der Waals surface area contributed by atoms with Gasteiger partial charge in [-0.25, -0.2) is 4.39 Å². The van der Waals surface area contributed by atoms with Gasteiger partial charge in [0.15, 0.2) is 11.6 Å². The molecule has 7 rings (SSSR count). The quantitative estimate of drug-likeness (QED) is 0.223. The maximum Gasteiger partial charge on any atom is 0.260 e. The molecule has 2 heterocycles. The topological polar surface area (TPSA) is 116 Å². The third kappa shape index (κ3) is 4.56. The maximum absolute atomic E-state index is 15.2. The summed E-state index contributed by atoms with van der Waals surface area (Å²) in [5, 5.41) is 12.8. The fourth-order valence-electron chi connectivity index (χ4n) is 8.46. The van der Waals surface area contributed by atoms with E-state index < -0.39 is 58.4 Å². The van der Waals surface area contributed by atoms with Gasteiger partial charge in [0.2, 0.25) is 11.8 Å². The van der Waals surface area contributed by atoms with Crippen molar-refractivity contribution in [3.63, 3.8) is 0 Å². The number of anilines is 1. The number of para-hydroxylation sites is 1. The van der Waals surface area contributed by atoms with Crippen molar-refractivity contribution in [2.75, 3.05) is 19.1 Å². The molecule has 0 spiro atoms. The zero-order chi connectivity index (χ0) is 34.1. The van der Waals surface area contributed by atoms with E-state index in [4.69, 9.17) is 27.9 Å². The highest BCUT2D eigenvalue weighted by Gasteiger charge is 2.70. The number of carbonyl (C=O) groups excluding carboxylic acids is 4. The first-order valence-corrected chi connectivity index (χ1v) is 16.6. The first-order valence-electron chi connectivity index (χ1n) is 15.8. The molecule has 248 valence electrons. The number of rotatable bonds is 7. The van der Waals surface area contributed by atoms with Crippen LogP contribution < -0.4 is 10.2 Å². The highest BCUT2D eigenvalue weighted by atomic mass is 35.5. The average Bonchev–Trinajstić information content (AvgIpc) is 3.44. The van der Waals surface area contributed by atoms with Gasteiger partial charge in [0.25, 0.3) is 11.8 Å². The Morgan fingerprint density at radius 1 is 1.00 bits per heavy atom. The van der Waals surface area contributed by atoms with E-state index in [1.165, 1.54) is 30.2 Å². The van der Waals surface area contributed by atoms with Crippen molar-refractivity contribution >= 4 is 52.5 Å². The van der Waals surface area contributed by atoms with E-state index in [1.54, 1.807) is 36.4 Å². The lowest BCUT2D eigenvalue weighted by atomic mass is 9.49. The molecule has 0 bridgehead atoms. The molecular formula is C36H32Cl2FN3O6. The lowest BCUT2D eigenvalue weighted by molar-refractivity contribution is -0.141. The summed E-state index contributed by atoms with van der Waals surface area (Å²) < 4.78 is 20.6. The van der Waals surface area contributed by atoms with Crippen LogP contribution in [0, 0.1) is 29.5 Å². The van der Waals surface area contributed by atoms with Crippen molar-refractivity contribution in [3.05, 3.63) is 99.3 Å². The molecule has 0 radical (unpaired) electrons. The molecule has 4 amide bonds. The van der Waals surface area contributed by atoms with Crippen LogP contribution in [0.4, 0.5) is 10.1 Å². The summed E-state index contributed by atoms with van der Waals surface area (Å²) in [4.78, 5) is 58.5. The molecule has 9 nitrogen and oxygen atoms in total. The van der Waals surface area contributed by atoms with Gasteiger partial charge in [-0.15, -0.1) is 0 Å². The largest absolute Gasteiger partial charge is 0.505 e. The number of imide groups is 2. The predicted molar refractivity (Wildman–Crippen MR) is 176 cm³/mol. The Kier molecular flexibility index (Phi) is 7.99. The molecule has 2 saturated heterocycles. The van der Waals surface area contributed by atoms with Gasteiger partial charge >= 0.3 is 0 Å². The van der Waals surface area contributed by atoms with Gasteiger partial charge in [-0.2, -0.15) is 5.01 Å². The third-order valence-electron chi connectivity index (χ3n) is 10.4. The normalized spacial score (nSPS) is 27.9. The Morgan fingerprint density at radius 3 is 2.44 bits per heavy atom. The van der Waals surface area contributed by atoms with Crippen molar-refractivity contribution in [2.24, 2.45) is 23.7 Å². The van der Waals surface area contributed by atoms with E-state index in [-0.39, 0.29) is 47.5 Å². The SMILES string of the molecule is CCCN1C(=O)[C@H]2[C@H](CC=C3[C@H]2C[C@H]2C(=O)N(Nc4ccc(Cl)cc4Cl)C(=O)[C@@]2(c2ccc(OC)cc2)[C@H]3c2cccc(F)c2O)C1=O. The van der Waals surface area contributed by atoms with E-state index in [9.17, 15) is 19.5 Å². The molecule has 1 saturated carbocycles. The maximum atomic E-state index is 15.2. The Morgan fingerprint density at radius 2 is 1.75 bits per heavy atom. The van der Waals surface area contributed by atoms with Crippen molar-refractivity contribution in [2.45, 2.75) is 37.5 Å². The number of nitrogens with zero attached hydrogens (tertiary/aromatic N) is 2. The minimum Gasteiger partial charge on any atom is -0.505 e. The van der Waals surface area contributed by atoms with Gasteiger partial charge in [0.05, 0.1) is 41.0 Å². The Balaban J connectivity index is 1.47. The van der Waals surface area contributed by atoms with E-state index in [0.717, 1.165) is 11.1 Å². The number of likely N-dealkylation sites (tertiary alicyclic amines) is 1. The summed E-state index contributed by atoms with van der Waals surface area (Å²) in [6.07, 6.45) is 2.72. The summed E-state index contributed by atoms with van der Waals surface area (Å²) in [7, 11) is 1.51. The number of amides is 4. The standard InChI is InChI=1S/C36H32Cl2FN3O6/c1-3-15-41-32(44)22-13-12-21-24(29(22)34(41)46)17-25-33(45)42(40-28-14-9-19(37)16-26(28)38)35(47)36(25,18-7-10-20(48-2)11-8-18)30(21)23-5-4-6-27(39)31(23)43/h4-12,14,16,22,24-25,29-30,40,43H,3,13,15,17H2,1-2H3/t22-,24+,25-,29-,30+,36+/m0/s1. The molecule has 0 unspecified atom stereocenters. The van der Waals surface area contributed by atoms with Gasteiger partial charge in [-0.05, 0) is 67.1 Å². The average molecular weight is 693 g/mol. The Bertz CT molecular complexity index is 1900. The lowest BCUT2D eigenvalue weighted by Crippen LogP contribution is -2.53. The summed E-state index contributed by atoms with van der Waals surface area (Å²) in [6, 6.07) is 15.4. The number of benzene rings is 3. The molecule has 4 aliphatic rings. The van der Waals surface area contributed by atoms with Crippen LogP contribution in [0.25, 0.3) is 0 Å². The first-order chi connectivity index (χ1) is 23.0. The van der Waals surface area contributed by atoms with Crippen LogP contribution in [0.1, 0.15) is 43.2 Å². The number of phenolic OH excluding ortho intramolecular Hbond substituents is 1. The number of hydrogen-bond donors (Lipinski definition) is 2. The molecule has 2 N–H and O–H groups in total. The number of ether oxygens (including phenoxy) is 1. The van der Waals surface area contributed by atoms with E-state index in [2.05, 4.69) is 5.43 Å². The molecule has 6 atom stereocenters. The second kappa shape index (κ2) is 11.9. The van der Waals surface area contributed by atoms with Crippen LogP contribution in [0.15, 0.2) is 72.3 Å². The summed E-state index contributed by atoms with van der Waals surface area (Å²) >= 11 is 12.6. The summed E-state index contributed by atoms with van der Waals surface area (Å²) in [5.74, 6) is -7.07. The molecule has 48 heavy (non-hydrogen) atoms. The summed E-state index contributed by atoms with van der Waals surface area (Å²) in [6.45, 7) is 2.16. The second-order valence-corrected chi connectivity index (χ2v) is 13.6. The molecule has 0 aromatic heterocycles. The lowest BCUT2D eigenvalue weighted by Gasteiger charge is -2.50. The minimum absolute atomic E-state index is 0.0572. The minimum atomic E-state index is -1.70. The molecule has 2 aliphatic heterocycles. The van der Waals surface area contributed by atoms with E-state index >= 15 is 9.18 Å². The second-order valence-electron chi connectivity index (χ2n) is 12.7. The Labute approximate surface area is 286 Å². The predicted octanol–water partition coefficient (Wildman–Crippen LogP) is 6.24. The number of hydrogen-bond acceptors (Lipinski definition) is 7. The van der Waals surface area contributed by atoms with E-state index in [0.29, 0.717) is 28.3 Å². The zero-order valence-electron chi connectivity index (χ0n) is 26.1. The van der Waals surface area contributed by atoms with Crippen molar-refractivity contribution in [3.8, 4) is 11.5 Å². The monoisotopic (exact) mass is 691 g/mol. The van der Waals surface area contributed by atoms with Gasteiger partial charge < -0.3 is 9.84 Å². The van der Waals surface area contributed by atoms with Gasteiger partial charge in [-0.1, -0.05) is 66.0 Å². The number of aromatic hydroxyl groups is 1. The zero-order valence-corrected chi connectivity index (χ0v) is 27.6. The van der Waals surface area contributed by atoms with Crippen LogP contribution in [0.5, 0.6) is 11.5 Å². The molecule has 12 heteroatoms. The van der Waals surface area contributed by atoms with Crippen molar-refractivity contribution in [1.29, 1.82) is 0 Å². The number of halogens is 3. The number of fused-ring (bicyclic) bond motifs is 4. The highest BCUT2D eigenvalue weighted by molar-refractivity contribution is 6.36. The molecule has 3 aromatic carbocycles. The number of carbonyl (C=O) groups is 4. The van der Waals surface area contributed by atoms with Crippen LogP contribution in [0.3, 0.4) is 0 Å². The van der Waals surface area contributed by atoms with Crippen molar-refractivity contribution in [1.82, 2.24) is 9.91 Å². The number of hydrazine groups is 1. The number of phenols is 1. The first kappa shape index (κ1) is 32.2. The molecule has 3 aromatic rings. The van der Waals surface area contributed by atoms with Gasteiger partial charge in [0.1, 0.15) is 5.75 Å². The van der Waals surface area contributed by atoms with Crippen molar-refractivity contribution < 1.29 is 33.4 Å². The molecule has 3 fully saturated rings. The fraction of sp³-hybridized carbons (Fsp3) is 0.333. The number of allylic oxidation sites excluding steroid dienone is 2. The molecular weight excluding hydrogens is 660 g/mol. The van der Waals surface area contributed by atoms with Gasteiger partial charge in [0, 0.05) is 23.0 Å². The van der Waals surface area contributed by atoms with Gasteiger partial charge in [-0.3, -0.25) is 29.5 Å². The number of methoxy groups -OCH3 is 1. The Hall–Kier alpha value is -4.41. The number of nitrogens with one attached hydrogen (secondary N) is 1. The third-order valence-corrected chi connectivity index (χ3v) is 11.0.